The lowest BCUT2D eigenvalue weighted by Gasteiger charge is -2.13. The van der Waals surface area contributed by atoms with Gasteiger partial charge in [-0.05, 0) is 48.4 Å². The van der Waals surface area contributed by atoms with Gasteiger partial charge in [0, 0.05) is 20.6 Å². The molecule has 2 N–H and O–H groups in total. The third-order valence-electron chi connectivity index (χ3n) is 5.05. The van der Waals surface area contributed by atoms with Gasteiger partial charge in [0.05, 0.1) is 11.0 Å². The molecule has 0 spiro atoms. The Labute approximate surface area is 165 Å². The number of hydrogen-bond acceptors (Lipinski definition) is 4. The standard InChI is InChI=1S/C22H29N3O3/c1-4-5-12-23-14-16-6-9-18(10-7-16)28-15-21(26)17-8-11-19-20(13-17)25(3)22(27)24(19)2/h6-11,13,21,23,26H,4-5,12,14-15H2,1-3H3/t21-/m0/s1. The number of hydrogen-bond donors (Lipinski definition) is 2. The molecule has 2 aromatic carbocycles. The molecule has 1 aromatic heterocycles. The average molecular weight is 383 g/mol. The molecule has 28 heavy (non-hydrogen) atoms. The van der Waals surface area contributed by atoms with Gasteiger partial charge in [-0.15, -0.1) is 0 Å². The summed E-state index contributed by atoms with van der Waals surface area (Å²) >= 11 is 0. The van der Waals surface area contributed by atoms with Crippen molar-refractivity contribution >= 4 is 11.0 Å². The number of fused-ring (bicyclic) bond motifs is 1. The van der Waals surface area contributed by atoms with E-state index in [4.69, 9.17) is 4.74 Å². The highest BCUT2D eigenvalue weighted by Crippen LogP contribution is 2.21. The summed E-state index contributed by atoms with van der Waals surface area (Å²) in [6.45, 7) is 4.21. The zero-order chi connectivity index (χ0) is 20.1. The largest absolute Gasteiger partial charge is 0.491 e. The minimum Gasteiger partial charge on any atom is -0.491 e. The molecule has 0 amide bonds. The number of aryl methyl sites for hydroxylation is 2. The lowest BCUT2D eigenvalue weighted by molar-refractivity contribution is 0.108. The summed E-state index contributed by atoms with van der Waals surface area (Å²) in [6, 6.07) is 13.5. The molecule has 1 heterocycles. The van der Waals surface area contributed by atoms with Gasteiger partial charge < -0.3 is 15.2 Å². The predicted molar refractivity (Wildman–Crippen MR) is 112 cm³/mol. The van der Waals surface area contributed by atoms with Crippen LogP contribution in [0, 0.1) is 0 Å². The summed E-state index contributed by atoms with van der Waals surface area (Å²) in [5.41, 5.74) is 3.49. The van der Waals surface area contributed by atoms with E-state index in [2.05, 4.69) is 12.2 Å². The van der Waals surface area contributed by atoms with E-state index in [9.17, 15) is 9.90 Å². The quantitative estimate of drug-likeness (QED) is 0.558. The number of aliphatic hydroxyl groups is 1. The monoisotopic (exact) mass is 383 g/mol. The normalized spacial score (nSPS) is 12.4. The fourth-order valence-corrected chi connectivity index (χ4v) is 3.24. The van der Waals surface area contributed by atoms with Crippen molar-refractivity contribution in [3.8, 4) is 5.75 Å². The van der Waals surface area contributed by atoms with E-state index < -0.39 is 6.10 Å². The number of nitrogens with one attached hydrogen (secondary N) is 1. The van der Waals surface area contributed by atoms with Crippen LogP contribution in [-0.2, 0) is 20.6 Å². The lowest BCUT2D eigenvalue weighted by Crippen LogP contribution is -2.19. The third kappa shape index (κ3) is 4.46. The van der Waals surface area contributed by atoms with Gasteiger partial charge in [0.2, 0.25) is 0 Å². The zero-order valence-electron chi connectivity index (χ0n) is 16.8. The van der Waals surface area contributed by atoms with Gasteiger partial charge in [-0.25, -0.2) is 4.79 Å². The van der Waals surface area contributed by atoms with Gasteiger partial charge in [0.1, 0.15) is 18.5 Å². The molecule has 0 radical (unpaired) electrons. The molecule has 3 aromatic rings. The van der Waals surface area contributed by atoms with Crippen LogP contribution in [0.15, 0.2) is 47.3 Å². The van der Waals surface area contributed by atoms with Gasteiger partial charge >= 0.3 is 5.69 Å². The smallest absolute Gasteiger partial charge is 0.328 e. The number of ether oxygens (including phenoxy) is 1. The number of benzene rings is 2. The molecular formula is C22H29N3O3. The van der Waals surface area contributed by atoms with Crippen molar-refractivity contribution < 1.29 is 9.84 Å². The average Bonchev–Trinajstić information content (AvgIpc) is 2.94. The van der Waals surface area contributed by atoms with E-state index >= 15 is 0 Å². The molecule has 0 fully saturated rings. The maximum atomic E-state index is 12.0. The Morgan fingerprint density at radius 3 is 2.50 bits per heavy atom. The van der Waals surface area contributed by atoms with Gasteiger partial charge in [-0.2, -0.15) is 0 Å². The number of nitrogens with zero attached hydrogens (tertiary/aromatic N) is 2. The Bertz CT molecular complexity index is 973. The number of unbranched alkanes of at least 4 members (excludes halogenated alkanes) is 1. The molecule has 0 aliphatic carbocycles. The second kappa shape index (κ2) is 9.08. The summed E-state index contributed by atoms with van der Waals surface area (Å²) in [6.07, 6.45) is 1.60. The van der Waals surface area contributed by atoms with E-state index in [1.54, 1.807) is 23.2 Å². The topological polar surface area (TPSA) is 68.4 Å². The molecule has 6 heteroatoms. The fraction of sp³-hybridized carbons (Fsp3) is 0.409. The van der Waals surface area contributed by atoms with Crippen LogP contribution in [0.1, 0.15) is 37.0 Å². The van der Waals surface area contributed by atoms with Crippen LogP contribution in [-0.4, -0.2) is 27.4 Å². The third-order valence-corrected chi connectivity index (χ3v) is 5.05. The Kier molecular flexibility index (Phi) is 6.54. The van der Waals surface area contributed by atoms with Crippen molar-refractivity contribution in [2.45, 2.75) is 32.4 Å². The van der Waals surface area contributed by atoms with Crippen LogP contribution in [0.4, 0.5) is 0 Å². The number of imidazole rings is 1. The first-order chi connectivity index (χ1) is 13.5. The molecule has 0 bridgehead atoms. The van der Waals surface area contributed by atoms with Crippen LogP contribution in [0.3, 0.4) is 0 Å². The molecular weight excluding hydrogens is 354 g/mol. The number of aromatic nitrogens is 2. The van der Waals surface area contributed by atoms with E-state index in [0.717, 1.165) is 35.4 Å². The van der Waals surface area contributed by atoms with Crippen LogP contribution in [0.25, 0.3) is 11.0 Å². The van der Waals surface area contributed by atoms with Gasteiger partial charge in [-0.3, -0.25) is 9.13 Å². The first kappa shape index (κ1) is 20.2. The van der Waals surface area contributed by atoms with E-state index in [1.165, 1.54) is 18.4 Å². The first-order valence-electron chi connectivity index (χ1n) is 9.77. The predicted octanol–water partition coefficient (Wildman–Crippen LogP) is 2.88. The van der Waals surface area contributed by atoms with E-state index in [0.29, 0.717) is 0 Å². The Balaban J connectivity index is 1.59. The molecule has 0 aliphatic rings. The molecule has 0 aliphatic heterocycles. The highest BCUT2D eigenvalue weighted by atomic mass is 16.5. The van der Waals surface area contributed by atoms with E-state index in [-0.39, 0.29) is 12.3 Å². The van der Waals surface area contributed by atoms with Crippen molar-refractivity contribution in [1.82, 2.24) is 14.5 Å². The van der Waals surface area contributed by atoms with E-state index in [1.807, 2.05) is 42.5 Å². The van der Waals surface area contributed by atoms with Crippen LogP contribution in [0.5, 0.6) is 5.75 Å². The van der Waals surface area contributed by atoms with Gasteiger partial charge in [0.25, 0.3) is 0 Å². The second-order valence-electron chi connectivity index (χ2n) is 7.15. The molecule has 3 rings (SSSR count). The molecule has 1 atom stereocenters. The highest BCUT2D eigenvalue weighted by Gasteiger charge is 2.13. The van der Waals surface area contributed by atoms with Crippen molar-refractivity contribution in [2.24, 2.45) is 14.1 Å². The first-order valence-corrected chi connectivity index (χ1v) is 9.77. The van der Waals surface area contributed by atoms with Crippen molar-refractivity contribution in [3.63, 3.8) is 0 Å². The number of aliphatic hydroxyl groups excluding tert-OH is 1. The van der Waals surface area contributed by atoms with Crippen molar-refractivity contribution in [1.29, 1.82) is 0 Å². The van der Waals surface area contributed by atoms with Crippen molar-refractivity contribution in [2.75, 3.05) is 13.2 Å². The molecule has 0 saturated heterocycles. The summed E-state index contributed by atoms with van der Waals surface area (Å²) < 4.78 is 8.93. The molecule has 6 nitrogen and oxygen atoms in total. The molecule has 150 valence electrons. The summed E-state index contributed by atoms with van der Waals surface area (Å²) in [5.74, 6) is 0.726. The minimum absolute atomic E-state index is 0.0813. The maximum absolute atomic E-state index is 12.0. The summed E-state index contributed by atoms with van der Waals surface area (Å²) in [4.78, 5) is 12.0. The van der Waals surface area contributed by atoms with Crippen LogP contribution >= 0.6 is 0 Å². The minimum atomic E-state index is -0.768. The Hall–Kier alpha value is -2.57. The highest BCUT2D eigenvalue weighted by molar-refractivity contribution is 5.76. The number of rotatable bonds is 9. The van der Waals surface area contributed by atoms with Crippen molar-refractivity contribution in [3.05, 3.63) is 64.1 Å². The summed E-state index contributed by atoms with van der Waals surface area (Å²) in [5, 5.41) is 13.9. The molecule has 0 unspecified atom stereocenters. The van der Waals surface area contributed by atoms with Gasteiger partial charge in [-0.1, -0.05) is 31.5 Å². The lowest BCUT2D eigenvalue weighted by atomic mass is 10.1. The Morgan fingerprint density at radius 1 is 1.07 bits per heavy atom. The van der Waals surface area contributed by atoms with Crippen LogP contribution < -0.4 is 15.7 Å². The van der Waals surface area contributed by atoms with Gasteiger partial charge in [0.15, 0.2) is 0 Å². The van der Waals surface area contributed by atoms with Crippen LogP contribution in [0.2, 0.25) is 0 Å². The second-order valence-corrected chi connectivity index (χ2v) is 7.15. The Morgan fingerprint density at radius 2 is 1.79 bits per heavy atom. The maximum Gasteiger partial charge on any atom is 0.328 e. The zero-order valence-corrected chi connectivity index (χ0v) is 16.8. The molecule has 0 saturated carbocycles. The fourth-order valence-electron chi connectivity index (χ4n) is 3.24. The SMILES string of the molecule is CCCCNCc1ccc(OC[C@H](O)c2ccc3c(c2)n(C)c(=O)n3C)cc1. The summed E-state index contributed by atoms with van der Waals surface area (Å²) in [7, 11) is 3.48.